The molecule has 0 saturated carbocycles. The van der Waals surface area contributed by atoms with Gasteiger partial charge >= 0.3 is 35.6 Å². The van der Waals surface area contributed by atoms with E-state index in [1.807, 2.05) is 0 Å². The monoisotopic (exact) mass is 160 g/mol. The minimum atomic E-state index is -0.556. The fourth-order valence-electron chi connectivity index (χ4n) is 0. The molecule has 5 heteroatoms. The second-order valence-corrected chi connectivity index (χ2v) is 2.78. The van der Waals surface area contributed by atoms with Crippen molar-refractivity contribution >= 4 is 24.9 Å². The molecule has 0 heterocycles. The van der Waals surface area contributed by atoms with E-state index >= 15 is 0 Å². The van der Waals surface area contributed by atoms with Gasteiger partial charge in [0.05, 0.1) is 0 Å². The van der Waals surface area contributed by atoms with Crippen molar-refractivity contribution in [2.75, 3.05) is 0 Å². The van der Waals surface area contributed by atoms with Crippen LogP contribution in [0.1, 0.15) is 0 Å². The summed E-state index contributed by atoms with van der Waals surface area (Å²) >= 11 is -0.556. The average molecular weight is 161 g/mol. The Balaban J connectivity index is 0. The van der Waals surface area contributed by atoms with Crippen molar-refractivity contribution in [3.63, 3.8) is 0 Å². The van der Waals surface area contributed by atoms with Crippen LogP contribution < -0.4 is 0 Å². The van der Waals surface area contributed by atoms with Crippen molar-refractivity contribution in [1.29, 1.82) is 0 Å². The Bertz CT molecular complexity index is 25.5. The number of rotatable bonds is 0. The van der Waals surface area contributed by atoms with E-state index in [2.05, 4.69) is 0 Å². The van der Waals surface area contributed by atoms with Crippen LogP contribution in [0.25, 0.3) is 11.1 Å². The van der Waals surface area contributed by atoms with Crippen LogP contribution in [0, 0.1) is 0 Å². The van der Waals surface area contributed by atoms with Crippen LogP contribution in [0.3, 0.4) is 0 Å². The Kier molecular flexibility index (Phi) is 28.3. The van der Waals surface area contributed by atoms with Gasteiger partial charge in [-0.2, -0.15) is 0 Å². The molecule has 0 aliphatic heterocycles. The maximum atomic E-state index is 7.11. The Morgan fingerprint density at radius 3 is 1.67 bits per heavy atom. The zero-order valence-electron chi connectivity index (χ0n) is 2.78. The standard InChI is InChI=1S/CH2N2.2ClH.Ti/c2-1-3;;;/h1H,(H-2,2,3);2*1H;/q-2;;;+2/p-2. The molecule has 0 saturated heterocycles. The Morgan fingerprint density at radius 2 is 1.67 bits per heavy atom. The van der Waals surface area contributed by atoms with E-state index in [1.54, 1.807) is 0 Å². The van der Waals surface area contributed by atoms with Crippen molar-refractivity contribution in [2.45, 2.75) is 0 Å². The van der Waals surface area contributed by atoms with Gasteiger partial charge in [0.15, 0.2) is 0 Å². The van der Waals surface area contributed by atoms with Gasteiger partial charge in [-0.15, -0.1) is 0 Å². The molecule has 36 valence electrons. The summed E-state index contributed by atoms with van der Waals surface area (Å²) in [6.45, 7) is 0. The fourth-order valence-corrected chi connectivity index (χ4v) is 0. The van der Waals surface area contributed by atoms with Crippen LogP contribution in [0.5, 0.6) is 0 Å². The van der Waals surface area contributed by atoms with Gasteiger partial charge in [0, 0.05) is 0 Å². The molecule has 2 nitrogen and oxygen atoms in total. The Hall–Kier alpha value is 0.764. The van der Waals surface area contributed by atoms with Gasteiger partial charge in [-0.3, -0.25) is 0 Å². The predicted molar refractivity (Wildman–Crippen MR) is 25.5 cm³/mol. The topological polar surface area (TPSA) is 46.1 Å². The quantitative estimate of drug-likeness (QED) is 0.296. The fraction of sp³-hybridized carbons (Fsp3) is 0. The molecule has 0 aromatic carbocycles. The molecule has 0 radical (unpaired) electrons. The molecule has 0 amide bonds. The molecule has 1 N–H and O–H groups in total. The summed E-state index contributed by atoms with van der Waals surface area (Å²) in [5.41, 5.74) is 5.64. The Labute approximate surface area is 53.2 Å². The third-order valence-electron chi connectivity index (χ3n) is 0. The van der Waals surface area contributed by atoms with E-state index in [-0.39, 0.29) is 6.34 Å². The van der Waals surface area contributed by atoms with Gasteiger partial charge in [0.2, 0.25) is 0 Å². The zero-order valence-corrected chi connectivity index (χ0v) is 5.85. The second kappa shape index (κ2) is 17.1. The minimum Gasteiger partial charge on any atom is -0.831 e. The normalized spacial score (nSPS) is 4.33. The number of halogens is 2. The van der Waals surface area contributed by atoms with Gasteiger partial charge in [-0.1, -0.05) is 0 Å². The summed E-state index contributed by atoms with van der Waals surface area (Å²) in [6.07, 6.45) is 0.250. The maximum absolute atomic E-state index is 7.11. The SMILES string of the molecule is [Cl][Ti][Cl].[N-]=C[NH-]. The molecule has 0 aliphatic rings. The molecular formula is CH2Cl2N2Ti-2. The van der Waals surface area contributed by atoms with Crippen LogP contribution in [-0.4, -0.2) is 6.34 Å². The molecule has 0 atom stereocenters. The van der Waals surface area contributed by atoms with Gasteiger partial charge in [0.25, 0.3) is 0 Å². The van der Waals surface area contributed by atoms with Gasteiger partial charge in [0.1, 0.15) is 0 Å². The van der Waals surface area contributed by atoms with Crippen LogP contribution in [0.4, 0.5) is 0 Å². The maximum Gasteiger partial charge on any atom is -0.326 e. The summed E-state index contributed by atoms with van der Waals surface area (Å²) in [4.78, 5) is 0. The molecule has 0 spiro atoms. The molecule has 0 aromatic heterocycles. The number of nitrogens with zero attached hydrogens (tertiary/aromatic N) is 1. The van der Waals surface area contributed by atoms with Crippen molar-refractivity contribution in [3.05, 3.63) is 11.1 Å². The van der Waals surface area contributed by atoms with Crippen LogP contribution in [0.15, 0.2) is 0 Å². The van der Waals surface area contributed by atoms with E-state index in [9.17, 15) is 0 Å². The summed E-state index contributed by atoms with van der Waals surface area (Å²) in [5, 5.41) is 7.11. The van der Waals surface area contributed by atoms with Gasteiger partial charge in [-0.05, 0) is 0 Å². The first-order valence-electron chi connectivity index (χ1n) is 0.925. The summed E-state index contributed by atoms with van der Waals surface area (Å²) in [6, 6.07) is 0. The van der Waals surface area contributed by atoms with E-state index < -0.39 is 17.0 Å². The van der Waals surface area contributed by atoms with E-state index in [0.717, 1.165) is 0 Å². The molecule has 6 heavy (non-hydrogen) atoms. The molecule has 0 bridgehead atoms. The smallest absolute Gasteiger partial charge is 0.326 e. The number of nitrogens with one attached hydrogen (secondary N) is 1. The van der Waals surface area contributed by atoms with Crippen molar-refractivity contribution < 1.29 is 17.0 Å². The number of hydrogen-bond donors (Lipinski definition) is 0. The first kappa shape index (κ1) is 9.90. The summed E-state index contributed by atoms with van der Waals surface area (Å²) < 4.78 is 0. The average Bonchev–Trinajstić information content (AvgIpc) is 1.39. The number of hydrogen-bond acceptors (Lipinski definition) is 0. The second-order valence-electron chi connectivity index (χ2n) is 0.201. The van der Waals surface area contributed by atoms with Crippen molar-refractivity contribution in [1.82, 2.24) is 0 Å². The van der Waals surface area contributed by atoms with E-state index in [1.165, 1.54) is 0 Å². The molecule has 0 aromatic rings. The van der Waals surface area contributed by atoms with E-state index in [4.69, 9.17) is 29.8 Å². The first-order chi connectivity index (χ1) is 2.83. The van der Waals surface area contributed by atoms with Crippen molar-refractivity contribution in [2.24, 2.45) is 0 Å². The van der Waals surface area contributed by atoms with Crippen molar-refractivity contribution in [3.8, 4) is 0 Å². The first-order valence-corrected chi connectivity index (χ1v) is 5.22. The minimum absolute atomic E-state index is 0.250. The summed E-state index contributed by atoms with van der Waals surface area (Å²) in [7, 11) is 9.78. The third-order valence-corrected chi connectivity index (χ3v) is 0. The molecule has 0 fully saturated rings. The van der Waals surface area contributed by atoms with E-state index in [0.29, 0.717) is 0 Å². The van der Waals surface area contributed by atoms with Crippen LogP contribution in [0.2, 0.25) is 0 Å². The molecule has 0 aliphatic carbocycles. The van der Waals surface area contributed by atoms with Crippen LogP contribution in [-0.2, 0) is 17.0 Å². The van der Waals surface area contributed by atoms with Gasteiger partial charge < -0.3 is 17.5 Å². The largest absolute Gasteiger partial charge is 0.831 e. The van der Waals surface area contributed by atoms with Crippen LogP contribution >= 0.6 is 18.6 Å². The third kappa shape index (κ3) is 116. The summed E-state index contributed by atoms with van der Waals surface area (Å²) in [5.74, 6) is 0. The Morgan fingerprint density at radius 1 is 1.67 bits per heavy atom. The molecule has 0 rings (SSSR count). The van der Waals surface area contributed by atoms with Gasteiger partial charge in [-0.25, -0.2) is 0 Å². The molecule has 0 unspecified atom stereocenters. The molecular weight excluding hydrogens is 159 g/mol. The zero-order chi connectivity index (χ0) is 5.41. The predicted octanol–water partition coefficient (Wildman–Crippen LogP) is 2.01.